The molecule has 0 atom stereocenters. The van der Waals surface area contributed by atoms with Crippen LogP contribution in [0.1, 0.15) is 52.1 Å². The Morgan fingerprint density at radius 2 is 2.18 bits per heavy atom. The predicted molar refractivity (Wildman–Crippen MR) is 70.8 cm³/mol. The van der Waals surface area contributed by atoms with E-state index in [1.165, 1.54) is 31.4 Å². The van der Waals surface area contributed by atoms with Crippen molar-refractivity contribution in [3.05, 3.63) is 18.2 Å². The summed E-state index contributed by atoms with van der Waals surface area (Å²) in [6.45, 7) is 8.63. The van der Waals surface area contributed by atoms with E-state index in [2.05, 4.69) is 35.6 Å². The SMILES string of the molecule is CC(C)(C)NCc1cncn1CCC1CCC1. The topological polar surface area (TPSA) is 29.9 Å². The van der Waals surface area contributed by atoms with E-state index in [4.69, 9.17) is 0 Å². The third kappa shape index (κ3) is 3.84. The highest BCUT2D eigenvalue weighted by Gasteiger charge is 2.17. The van der Waals surface area contributed by atoms with Crippen molar-refractivity contribution in [3.63, 3.8) is 0 Å². The van der Waals surface area contributed by atoms with Crippen LogP contribution in [0.5, 0.6) is 0 Å². The van der Waals surface area contributed by atoms with Crippen molar-refractivity contribution in [2.75, 3.05) is 0 Å². The lowest BCUT2D eigenvalue weighted by molar-refractivity contribution is 0.280. The van der Waals surface area contributed by atoms with Crippen molar-refractivity contribution in [2.45, 2.75) is 65.1 Å². The molecule has 1 saturated carbocycles. The molecule has 1 N–H and O–H groups in total. The van der Waals surface area contributed by atoms with Gasteiger partial charge in [-0.1, -0.05) is 19.3 Å². The molecule has 1 heterocycles. The molecule has 17 heavy (non-hydrogen) atoms. The van der Waals surface area contributed by atoms with Gasteiger partial charge in [0.15, 0.2) is 0 Å². The quantitative estimate of drug-likeness (QED) is 0.850. The highest BCUT2D eigenvalue weighted by molar-refractivity contribution is 4.99. The van der Waals surface area contributed by atoms with E-state index < -0.39 is 0 Å². The summed E-state index contributed by atoms with van der Waals surface area (Å²) >= 11 is 0. The predicted octanol–water partition coefficient (Wildman–Crippen LogP) is 2.96. The lowest BCUT2D eigenvalue weighted by atomic mass is 9.83. The van der Waals surface area contributed by atoms with Gasteiger partial charge in [0, 0.05) is 24.8 Å². The Balaban J connectivity index is 1.82. The molecule has 0 spiro atoms. The number of nitrogens with zero attached hydrogens (tertiary/aromatic N) is 2. The Bertz CT molecular complexity index is 345. The van der Waals surface area contributed by atoms with Crippen LogP contribution in [0, 0.1) is 5.92 Å². The van der Waals surface area contributed by atoms with E-state index in [1.807, 2.05) is 12.5 Å². The first-order valence-electron chi connectivity index (χ1n) is 6.78. The van der Waals surface area contributed by atoms with Crippen LogP contribution >= 0.6 is 0 Å². The van der Waals surface area contributed by atoms with Gasteiger partial charge in [-0.15, -0.1) is 0 Å². The monoisotopic (exact) mass is 235 g/mol. The van der Waals surface area contributed by atoms with Crippen molar-refractivity contribution in [2.24, 2.45) is 5.92 Å². The normalized spacial score (nSPS) is 17.1. The van der Waals surface area contributed by atoms with Crippen molar-refractivity contribution in [1.82, 2.24) is 14.9 Å². The van der Waals surface area contributed by atoms with Crippen molar-refractivity contribution in [3.8, 4) is 0 Å². The van der Waals surface area contributed by atoms with E-state index >= 15 is 0 Å². The van der Waals surface area contributed by atoms with Crippen molar-refractivity contribution in [1.29, 1.82) is 0 Å². The Kier molecular flexibility index (Phi) is 3.87. The largest absolute Gasteiger partial charge is 0.333 e. The number of aromatic nitrogens is 2. The van der Waals surface area contributed by atoms with Gasteiger partial charge in [0.25, 0.3) is 0 Å². The number of rotatable bonds is 5. The molecule has 1 aliphatic rings. The first-order valence-corrected chi connectivity index (χ1v) is 6.78. The Morgan fingerprint density at radius 1 is 1.41 bits per heavy atom. The maximum Gasteiger partial charge on any atom is 0.0948 e. The van der Waals surface area contributed by atoms with Gasteiger partial charge in [0.05, 0.1) is 12.0 Å². The van der Waals surface area contributed by atoms with Gasteiger partial charge < -0.3 is 9.88 Å². The number of hydrogen-bond donors (Lipinski definition) is 1. The Morgan fingerprint density at radius 3 is 2.76 bits per heavy atom. The molecule has 0 radical (unpaired) electrons. The summed E-state index contributed by atoms with van der Waals surface area (Å²) in [6, 6.07) is 0. The number of imidazole rings is 1. The van der Waals surface area contributed by atoms with Gasteiger partial charge in [-0.3, -0.25) is 0 Å². The summed E-state index contributed by atoms with van der Waals surface area (Å²) in [5.74, 6) is 0.973. The third-order valence-corrected chi connectivity index (χ3v) is 3.60. The van der Waals surface area contributed by atoms with Crippen LogP contribution in [0.15, 0.2) is 12.5 Å². The fraction of sp³-hybridized carbons (Fsp3) is 0.786. The second-order valence-corrected chi connectivity index (χ2v) is 6.27. The highest BCUT2D eigenvalue weighted by atomic mass is 15.1. The summed E-state index contributed by atoms with van der Waals surface area (Å²) in [7, 11) is 0. The van der Waals surface area contributed by atoms with Crippen LogP contribution in [0.4, 0.5) is 0 Å². The Labute approximate surface area is 105 Å². The van der Waals surface area contributed by atoms with Crippen LogP contribution in [-0.2, 0) is 13.1 Å². The number of hydrogen-bond acceptors (Lipinski definition) is 2. The minimum atomic E-state index is 0.170. The summed E-state index contributed by atoms with van der Waals surface area (Å²) in [5.41, 5.74) is 1.47. The average molecular weight is 235 g/mol. The van der Waals surface area contributed by atoms with Crippen LogP contribution < -0.4 is 5.32 Å². The molecule has 0 saturated heterocycles. The molecule has 96 valence electrons. The first-order chi connectivity index (χ1) is 8.04. The smallest absolute Gasteiger partial charge is 0.0948 e. The first kappa shape index (κ1) is 12.6. The standard InChI is InChI=1S/C14H25N3/c1-14(2,3)16-10-13-9-15-11-17(13)8-7-12-5-4-6-12/h9,11-12,16H,4-8,10H2,1-3H3. The molecule has 1 aliphatic carbocycles. The molecular formula is C14H25N3. The van der Waals surface area contributed by atoms with Crippen LogP contribution in [0.2, 0.25) is 0 Å². The minimum Gasteiger partial charge on any atom is -0.333 e. The van der Waals surface area contributed by atoms with Gasteiger partial charge >= 0.3 is 0 Å². The van der Waals surface area contributed by atoms with Gasteiger partial charge in [-0.25, -0.2) is 4.98 Å². The zero-order valence-corrected chi connectivity index (χ0v) is 11.4. The van der Waals surface area contributed by atoms with Gasteiger partial charge in [-0.2, -0.15) is 0 Å². The fourth-order valence-corrected chi connectivity index (χ4v) is 2.16. The molecule has 0 aliphatic heterocycles. The van der Waals surface area contributed by atoms with E-state index in [1.54, 1.807) is 0 Å². The van der Waals surface area contributed by atoms with E-state index in [-0.39, 0.29) is 5.54 Å². The molecule has 1 aromatic heterocycles. The lowest BCUT2D eigenvalue weighted by Gasteiger charge is -2.26. The number of aryl methyl sites for hydroxylation is 1. The summed E-state index contributed by atoms with van der Waals surface area (Å²) in [5, 5.41) is 3.52. The van der Waals surface area contributed by atoms with Crippen LogP contribution in [0.25, 0.3) is 0 Å². The molecule has 3 heteroatoms. The molecule has 3 nitrogen and oxygen atoms in total. The second-order valence-electron chi connectivity index (χ2n) is 6.27. The fourth-order valence-electron chi connectivity index (χ4n) is 2.16. The molecule has 1 aromatic rings. The average Bonchev–Trinajstić information content (AvgIpc) is 2.59. The zero-order valence-electron chi connectivity index (χ0n) is 11.4. The number of nitrogens with one attached hydrogen (secondary N) is 1. The molecular weight excluding hydrogens is 210 g/mol. The van der Waals surface area contributed by atoms with Gasteiger partial charge in [-0.05, 0) is 33.1 Å². The van der Waals surface area contributed by atoms with Crippen molar-refractivity contribution >= 4 is 0 Å². The molecule has 0 amide bonds. The third-order valence-electron chi connectivity index (χ3n) is 3.60. The van der Waals surface area contributed by atoms with E-state index in [0.29, 0.717) is 0 Å². The van der Waals surface area contributed by atoms with Crippen LogP contribution in [0.3, 0.4) is 0 Å². The summed E-state index contributed by atoms with van der Waals surface area (Å²) in [4.78, 5) is 4.27. The molecule has 1 fully saturated rings. The minimum absolute atomic E-state index is 0.170. The maximum absolute atomic E-state index is 4.27. The zero-order chi connectivity index (χ0) is 12.3. The molecule has 0 aromatic carbocycles. The molecule has 2 rings (SSSR count). The second kappa shape index (κ2) is 5.21. The van der Waals surface area contributed by atoms with Gasteiger partial charge in [0.1, 0.15) is 0 Å². The van der Waals surface area contributed by atoms with E-state index in [9.17, 15) is 0 Å². The molecule has 0 unspecified atom stereocenters. The summed E-state index contributed by atoms with van der Waals surface area (Å²) in [6.07, 6.45) is 9.58. The maximum atomic E-state index is 4.27. The Hall–Kier alpha value is -0.830. The summed E-state index contributed by atoms with van der Waals surface area (Å²) < 4.78 is 2.30. The van der Waals surface area contributed by atoms with Crippen molar-refractivity contribution < 1.29 is 0 Å². The lowest BCUT2D eigenvalue weighted by Crippen LogP contribution is -2.35. The molecule has 0 bridgehead atoms. The van der Waals surface area contributed by atoms with E-state index in [0.717, 1.165) is 19.0 Å². The van der Waals surface area contributed by atoms with Gasteiger partial charge in [0.2, 0.25) is 0 Å². The van der Waals surface area contributed by atoms with Crippen LogP contribution in [-0.4, -0.2) is 15.1 Å². The highest BCUT2D eigenvalue weighted by Crippen LogP contribution is 2.29.